The third-order valence-corrected chi connectivity index (χ3v) is 5.83. The van der Waals surface area contributed by atoms with Gasteiger partial charge in [-0.15, -0.1) is 0 Å². The Morgan fingerprint density at radius 2 is 1.00 bits per heavy atom. The second-order valence-corrected chi connectivity index (χ2v) is 8.24. The molecule has 0 heterocycles. The summed E-state index contributed by atoms with van der Waals surface area (Å²) >= 11 is 0. The molecule has 0 amide bonds. The van der Waals surface area contributed by atoms with E-state index in [-0.39, 0.29) is 0 Å². The zero-order chi connectivity index (χ0) is 22.5. The van der Waals surface area contributed by atoms with Crippen LogP contribution in [-0.2, 0) is 0 Å². The fraction of sp³-hybridized carbons (Fsp3) is 0.0968. The zero-order valence-electron chi connectivity index (χ0n) is 19.0. The van der Waals surface area contributed by atoms with Crippen LogP contribution in [0.2, 0.25) is 0 Å². The van der Waals surface area contributed by atoms with Crippen molar-refractivity contribution in [1.29, 1.82) is 0 Å². The van der Waals surface area contributed by atoms with Crippen LogP contribution in [0.15, 0.2) is 97.6 Å². The van der Waals surface area contributed by atoms with Crippen molar-refractivity contribution in [3.63, 3.8) is 0 Å². The molecule has 32 heavy (non-hydrogen) atoms. The van der Waals surface area contributed by atoms with E-state index < -0.39 is 0 Å². The van der Waals surface area contributed by atoms with Crippen LogP contribution in [0.5, 0.6) is 0 Å². The van der Waals surface area contributed by atoms with Gasteiger partial charge < -0.3 is 4.90 Å². The summed E-state index contributed by atoms with van der Waals surface area (Å²) in [6.45, 7) is 10.3. The van der Waals surface area contributed by atoms with E-state index in [0.29, 0.717) is 0 Å². The van der Waals surface area contributed by atoms with Crippen LogP contribution in [0.25, 0.3) is 18.2 Å². The first-order valence-electron chi connectivity index (χ1n) is 11.0. The van der Waals surface area contributed by atoms with Gasteiger partial charge in [-0.3, -0.25) is 0 Å². The van der Waals surface area contributed by atoms with E-state index in [0.717, 1.165) is 16.9 Å². The maximum atomic E-state index is 3.81. The van der Waals surface area contributed by atoms with E-state index in [4.69, 9.17) is 0 Å². The van der Waals surface area contributed by atoms with Gasteiger partial charge in [-0.1, -0.05) is 85.0 Å². The summed E-state index contributed by atoms with van der Waals surface area (Å²) in [6.07, 6.45) is 6.16. The van der Waals surface area contributed by atoms with Crippen LogP contribution in [0.1, 0.15) is 33.4 Å². The van der Waals surface area contributed by atoms with Crippen LogP contribution in [0, 0.1) is 20.8 Å². The number of anilines is 3. The van der Waals surface area contributed by atoms with E-state index in [1.807, 2.05) is 6.08 Å². The topological polar surface area (TPSA) is 3.24 Å². The van der Waals surface area contributed by atoms with Gasteiger partial charge in [0.25, 0.3) is 0 Å². The molecule has 0 atom stereocenters. The second-order valence-electron chi connectivity index (χ2n) is 8.24. The summed E-state index contributed by atoms with van der Waals surface area (Å²) in [7, 11) is 0. The standard InChI is InChI=1S/C31H29N/c1-5-26-9-11-27(12-10-26)13-14-28-15-20-30(21-16-28)32(29-17-6-23(2)7-18-29)31-19-8-24(3)25(4)22-31/h5-22H,1H2,2-4H3. The molecule has 0 spiro atoms. The number of aryl methyl sites for hydroxylation is 3. The molecule has 0 saturated carbocycles. The molecule has 0 N–H and O–H groups in total. The quantitative estimate of drug-likeness (QED) is 0.284. The molecule has 0 aliphatic rings. The van der Waals surface area contributed by atoms with Crippen molar-refractivity contribution < 1.29 is 0 Å². The average Bonchev–Trinajstić information content (AvgIpc) is 2.82. The van der Waals surface area contributed by atoms with Crippen LogP contribution >= 0.6 is 0 Å². The van der Waals surface area contributed by atoms with Gasteiger partial charge in [0.05, 0.1) is 0 Å². The van der Waals surface area contributed by atoms with Gasteiger partial charge in [0.1, 0.15) is 0 Å². The first-order chi connectivity index (χ1) is 15.5. The monoisotopic (exact) mass is 415 g/mol. The van der Waals surface area contributed by atoms with Crippen molar-refractivity contribution in [2.75, 3.05) is 4.90 Å². The lowest BCUT2D eigenvalue weighted by atomic mass is 10.1. The minimum Gasteiger partial charge on any atom is -0.310 e. The molecule has 0 unspecified atom stereocenters. The Morgan fingerprint density at radius 3 is 1.53 bits per heavy atom. The molecular formula is C31H29N. The highest BCUT2D eigenvalue weighted by Gasteiger charge is 2.13. The molecule has 0 fully saturated rings. The first kappa shape index (κ1) is 21.4. The molecule has 4 rings (SSSR count). The Hall–Kier alpha value is -3.84. The molecule has 0 aliphatic carbocycles. The van der Waals surface area contributed by atoms with Crippen molar-refractivity contribution in [2.45, 2.75) is 20.8 Å². The summed E-state index contributed by atoms with van der Waals surface area (Å²) in [5, 5.41) is 0. The molecular weight excluding hydrogens is 386 g/mol. The van der Waals surface area contributed by atoms with Crippen molar-refractivity contribution in [3.8, 4) is 0 Å². The van der Waals surface area contributed by atoms with Crippen molar-refractivity contribution in [2.24, 2.45) is 0 Å². The number of hydrogen-bond acceptors (Lipinski definition) is 1. The maximum absolute atomic E-state index is 3.81. The van der Waals surface area contributed by atoms with Gasteiger partial charge in [-0.2, -0.15) is 0 Å². The number of rotatable bonds is 6. The predicted octanol–water partition coefficient (Wildman–Crippen LogP) is 8.90. The van der Waals surface area contributed by atoms with Gasteiger partial charge in [-0.05, 0) is 85.0 Å². The summed E-state index contributed by atoms with van der Waals surface area (Å²) in [5.41, 5.74) is 10.8. The van der Waals surface area contributed by atoms with E-state index in [9.17, 15) is 0 Å². The van der Waals surface area contributed by atoms with Crippen LogP contribution < -0.4 is 4.90 Å². The van der Waals surface area contributed by atoms with Crippen molar-refractivity contribution >= 4 is 35.3 Å². The lowest BCUT2D eigenvalue weighted by molar-refractivity contribution is 1.24. The highest BCUT2D eigenvalue weighted by atomic mass is 15.1. The Bertz CT molecular complexity index is 1230. The molecule has 1 nitrogen and oxygen atoms in total. The Morgan fingerprint density at radius 1 is 0.531 bits per heavy atom. The van der Waals surface area contributed by atoms with Gasteiger partial charge in [0, 0.05) is 17.1 Å². The van der Waals surface area contributed by atoms with E-state index in [1.165, 1.54) is 33.5 Å². The molecule has 0 bridgehead atoms. The average molecular weight is 416 g/mol. The molecule has 0 saturated heterocycles. The van der Waals surface area contributed by atoms with Gasteiger partial charge in [0.2, 0.25) is 0 Å². The summed E-state index contributed by atoms with van der Waals surface area (Å²) in [5.74, 6) is 0. The summed E-state index contributed by atoms with van der Waals surface area (Å²) < 4.78 is 0. The minimum atomic E-state index is 1.13. The molecule has 0 aromatic heterocycles. The van der Waals surface area contributed by atoms with E-state index >= 15 is 0 Å². The second kappa shape index (κ2) is 9.53. The number of hydrogen-bond donors (Lipinski definition) is 0. The van der Waals surface area contributed by atoms with Crippen LogP contribution in [-0.4, -0.2) is 0 Å². The maximum Gasteiger partial charge on any atom is 0.0464 e. The van der Waals surface area contributed by atoms with Gasteiger partial charge in [0.15, 0.2) is 0 Å². The van der Waals surface area contributed by atoms with E-state index in [2.05, 4.69) is 135 Å². The molecule has 4 aromatic rings. The zero-order valence-corrected chi connectivity index (χ0v) is 19.0. The SMILES string of the molecule is C=Cc1ccc(C=Cc2ccc(N(c3ccc(C)cc3)c3ccc(C)c(C)c3)cc2)cc1. The molecule has 1 heteroatoms. The lowest BCUT2D eigenvalue weighted by Crippen LogP contribution is -2.10. The Kier molecular flexibility index (Phi) is 6.37. The number of benzene rings is 4. The highest BCUT2D eigenvalue weighted by molar-refractivity contribution is 5.78. The lowest BCUT2D eigenvalue weighted by Gasteiger charge is -2.26. The Balaban J connectivity index is 1.65. The fourth-order valence-corrected chi connectivity index (χ4v) is 3.68. The van der Waals surface area contributed by atoms with Crippen LogP contribution in [0.4, 0.5) is 17.1 Å². The smallest absolute Gasteiger partial charge is 0.0464 e. The van der Waals surface area contributed by atoms with Crippen LogP contribution in [0.3, 0.4) is 0 Å². The summed E-state index contributed by atoms with van der Waals surface area (Å²) in [4.78, 5) is 2.31. The third kappa shape index (κ3) is 4.90. The van der Waals surface area contributed by atoms with Crippen molar-refractivity contribution in [1.82, 2.24) is 0 Å². The van der Waals surface area contributed by atoms with Gasteiger partial charge >= 0.3 is 0 Å². The molecule has 0 radical (unpaired) electrons. The highest BCUT2D eigenvalue weighted by Crippen LogP contribution is 2.35. The molecule has 0 aliphatic heterocycles. The van der Waals surface area contributed by atoms with E-state index in [1.54, 1.807) is 0 Å². The molecule has 4 aromatic carbocycles. The third-order valence-electron chi connectivity index (χ3n) is 5.83. The fourth-order valence-electron chi connectivity index (χ4n) is 3.68. The largest absolute Gasteiger partial charge is 0.310 e. The predicted molar refractivity (Wildman–Crippen MR) is 141 cm³/mol. The molecule has 158 valence electrons. The van der Waals surface area contributed by atoms with Crippen molar-refractivity contribution in [3.05, 3.63) is 131 Å². The number of nitrogens with zero attached hydrogens (tertiary/aromatic N) is 1. The Labute approximate surface area is 192 Å². The normalized spacial score (nSPS) is 11.0. The minimum absolute atomic E-state index is 1.13. The summed E-state index contributed by atoms with van der Waals surface area (Å²) in [6, 6.07) is 32.5. The first-order valence-corrected chi connectivity index (χ1v) is 11.0. The van der Waals surface area contributed by atoms with Gasteiger partial charge in [-0.25, -0.2) is 0 Å².